The van der Waals surface area contributed by atoms with Crippen LogP contribution in [0.3, 0.4) is 0 Å². The molecule has 1 heterocycles. The molecule has 0 unspecified atom stereocenters. The second-order valence-corrected chi connectivity index (χ2v) is 6.63. The minimum Gasteiger partial charge on any atom is -0.497 e. The number of carbonyl (C=O) groups excluding carboxylic acids is 3. The Bertz CT molecular complexity index is 896. The molecule has 0 aromatic heterocycles. The number of aryl methyl sites for hydroxylation is 1. The summed E-state index contributed by atoms with van der Waals surface area (Å²) >= 11 is 0. The summed E-state index contributed by atoms with van der Waals surface area (Å²) in [5.41, 5.74) is 2.34. The fourth-order valence-electron chi connectivity index (χ4n) is 3.06. The highest BCUT2D eigenvalue weighted by molar-refractivity contribution is 6.00. The van der Waals surface area contributed by atoms with Crippen molar-refractivity contribution in [2.45, 2.75) is 13.3 Å². The van der Waals surface area contributed by atoms with Gasteiger partial charge in [-0.1, -0.05) is 18.2 Å². The van der Waals surface area contributed by atoms with E-state index in [1.54, 1.807) is 29.2 Å². The molecule has 2 aromatic rings. The van der Waals surface area contributed by atoms with Crippen molar-refractivity contribution >= 4 is 29.2 Å². The molecular weight excluding hydrogens is 360 g/mol. The molecule has 146 valence electrons. The topological polar surface area (TPSA) is 84.9 Å². The van der Waals surface area contributed by atoms with E-state index >= 15 is 0 Å². The maximum absolute atomic E-state index is 12.3. The third-order valence-corrected chi connectivity index (χ3v) is 4.47. The van der Waals surface area contributed by atoms with Gasteiger partial charge < -0.3 is 19.7 Å². The zero-order valence-electron chi connectivity index (χ0n) is 15.8. The number of methoxy groups -OCH3 is 1. The van der Waals surface area contributed by atoms with E-state index in [4.69, 9.17) is 9.47 Å². The minimum atomic E-state index is -0.586. The van der Waals surface area contributed by atoms with Crippen molar-refractivity contribution in [3.63, 3.8) is 0 Å². The molecule has 28 heavy (non-hydrogen) atoms. The number of nitrogens with one attached hydrogen (secondary N) is 1. The number of hydrogen-bond acceptors (Lipinski definition) is 5. The Morgan fingerprint density at radius 1 is 1.18 bits per heavy atom. The van der Waals surface area contributed by atoms with Crippen molar-refractivity contribution in [3.8, 4) is 5.75 Å². The van der Waals surface area contributed by atoms with Gasteiger partial charge in [0.25, 0.3) is 5.91 Å². The second kappa shape index (κ2) is 8.56. The van der Waals surface area contributed by atoms with Gasteiger partial charge in [-0.3, -0.25) is 14.4 Å². The highest BCUT2D eigenvalue weighted by Crippen LogP contribution is 2.26. The van der Waals surface area contributed by atoms with Gasteiger partial charge in [0.1, 0.15) is 5.75 Å². The average molecular weight is 382 g/mol. The summed E-state index contributed by atoms with van der Waals surface area (Å²) in [6.07, 6.45) is 0.0737. The molecule has 2 amide bonds. The van der Waals surface area contributed by atoms with Gasteiger partial charge in [-0.05, 0) is 36.8 Å². The summed E-state index contributed by atoms with van der Waals surface area (Å²) < 4.78 is 10.2. The lowest BCUT2D eigenvalue weighted by Crippen LogP contribution is -2.28. The highest BCUT2D eigenvalue weighted by atomic mass is 16.5. The zero-order valence-corrected chi connectivity index (χ0v) is 15.8. The molecule has 0 saturated carbocycles. The Kier molecular flexibility index (Phi) is 5.93. The fourth-order valence-corrected chi connectivity index (χ4v) is 3.06. The van der Waals surface area contributed by atoms with Crippen LogP contribution in [0, 0.1) is 12.8 Å². The van der Waals surface area contributed by atoms with E-state index in [0.717, 1.165) is 11.3 Å². The van der Waals surface area contributed by atoms with E-state index in [9.17, 15) is 14.4 Å². The number of amides is 2. The third-order valence-electron chi connectivity index (χ3n) is 4.47. The summed E-state index contributed by atoms with van der Waals surface area (Å²) in [7, 11) is 1.53. The van der Waals surface area contributed by atoms with E-state index in [1.807, 2.05) is 31.2 Å². The smallest absolute Gasteiger partial charge is 0.311 e. The highest BCUT2D eigenvalue weighted by Gasteiger charge is 2.36. The maximum Gasteiger partial charge on any atom is 0.311 e. The summed E-state index contributed by atoms with van der Waals surface area (Å²) in [5.74, 6) is -1.12. The van der Waals surface area contributed by atoms with Crippen LogP contribution in [0.2, 0.25) is 0 Å². The van der Waals surface area contributed by atoms with Crippen LogP contribution < -0.4 is 15.0 Å². The number of anilines is 2. The summed E-state index contributed by atoms with van der Waals surface area (Å²) in [5, 5.41) is 2.64. The van der Waals surface area contributed by atoms with E-state index in [0.29, 0.717) is 11.4 Å². The number of ether oxygens (including phenoxy) is 2. The van der Waals surface area contributed by atoms with Gasteiger partial charge in [0, 0.05) is 30.4 Å². The van der Waals surface area contributed by atoms with E-state index in [1.165, 1.54) is 7.11 Å². The van der Waals surface area contributed by atoms with Crippen LogP contribution in [0.25, 0.3) is 0 Å². The van der Waals surface area contributed by atoms with E-state index < -0.39 is 24.4 Å². The number of carbonyl (C=O) groups is 3. The standard InChI is InChI=1S/C21H22N2O5/c1-14-5-3-7-17(9-14)23-12-15(10-20(23)25)21(26)28-13-19(24)22-16-6-4-8-18(11-16)27-2/h3-9,11,15H,10,12-13H2,1-2H3,(H,22,24)/t15-/m1/s1. The molecule has 3 rings (SSSR count). The third kappa shape index (κ3) is 4.68. The molecule has 0 spiro atoms. The van der Waals surface area contributed by atoms with Crippen molar-refractivity contribution in [2.75, 3.05) is 30.5 Å². The van der Waals surface area contributed by atoms with Crippen LogP contribution in [0.15, 0.2) is 48.5 Å². The van der Waals surface area contributed by atoms with Crippen LogP contribution in [-0.2, 0) is 19.1 Å². The van der Waals surface area contributed by atoms with E-state index in [2.05, 4.69) is 5.32 Å². The minimum absolute atomic E-state index is 0.0737. The molecule has 1 aliphatic heterocycles. The molecule has 0 aliphatic carbocycles. The first-order valence-electron chi connectivity index (χ1n) is 8.94. The molecule has 1 fully saturated rings. The monoisotopic (exact) mass is 382 g/mol. The number of rotatable bonds is 6. The molecule has 0 bridgehead atoms. The van der Waals surface area contributed by atoms with Crippen LogP contribution in [0.1, 0.15) is 12.0 Å². The molecular formula is C21H22N2O5. The van der Waals surface area contributed by atoms with Gasteiger partial charge in [0.2, 0.25) is 5.91 Å². The van der Waals surface area contributed by atoms with Gasteiger partial charge in [0.15, 0.2) is 6.61 Å². The molecule has 2 aromatic carbocycles. The Hall–Kier alpha value is -3.35. The van der Waals surface area contributed by atoms with Gasteiger partial charge in [-0.2, -0.15) is 0 Å². The molecule has 0 radical (unpaired) electrons. The average Bonchev–Trinajstić information content (AvgIpc) is 3.08. The molecule has 1 N–H and O–H groups in total. The van der Waals surface area contributed by atoms with Gasteiger partial charge >= 0.3 is 5.97 Å². The lowest BCUT2D eigenvalue weighted by Gasteiger charge is -2.17. The number of benzene rings is 2. The molecule has 1 saturated heterocycles. The molecule has 7 heteroatoms. The Morgan fingerprint density at radius 2 is 1.96 bits per heavy atom. The van der Waals surface area contributed by atoms with Crippen molar-refractivity contribution < 1.29 is 23.9 Å². The Morgan fingerprint density at radius 3 is 2.71 bits per heavy atom. The van der Waals surface area contributed by atoms with Crippen molar-refractivity contribution in [1.82, 2.24) is 0 Å². The van der Waals surface area contributed by atoms with E-state index in [-0.39, 0.29) is 18.9 Å². The van der Waals surface area contributed by atoms with Gasteiger partial charge in [0.05, 0.1) is 13.0 Å². The first kappa shape index (κ1) is 19.4. The normalized spacial score (nSPS) is 16.0. The largest absolute Gasteiger partial charge is 0.497 e. The van der Waals surface area contributed by atoms with Crippen LogP contribution in [0.4, 0.5) is 11.4 Å². The fraction of sp³-hybridized carbons (Fsp3) is 0.286. The van der Waals surface area contributed by atoms with Crippen LogP contribution in [-0.4, -0.2) is 38.0 Å². The van der Waals surface area contributed by atoms with Gasteiger partial charge in [-0.15, -0.1) is 0 Å². The number of nitrogens with zero attached hydrogens (tertiary/aromatic N) is 1. The molecule has 7 nitrogen and oxygen atoms in total. The predicted octanol–water partition coefficient (Wildman–Crippen LogP) is 2.54. The second-order valence-electron chi connectivity index (χ2n) is 6.63. The molecule has 1 aliphatic rings. The van der Waals surface area contributed by atoms with Crippen LogP contribution >= 0.6 is 0 Å². The maximum atomic E-state index is 12.3. The SMILES string of the molecule is COc1cccc(NC(=O)COC(=O)[C@@H]2CC(=O)N(c3cccc(C)c3)C2)c1. The number of esters is 1. The zero-order chi connectivity index (χ0) is 20.1. The Labute approximate surface area is 163 Å². The first-order valence-corrected chi connectivity index (χ1v) is 8.94. The Balaban J connectivity index is 1.52. The summed E-state index contributed by atoms with van der Waals surface area (Å²) in [6, 6.07) is 14.4. The first-order chi connectivity index (χ1) is 13.5. The lowest BCUT2D eigenvalue weighted by atomic mass is 10.1. The van der Waals surface area contributed by atoms with Crippen molar-refractivity contribution in [1.29, 1.82) is 0 Å². The van der Waals surface area contributed by atoms with Crippen molar-refractivity contribution in [2.24, 2.45) is 5.92 Å². The number of hydrogen-bond donors (Lipinski definition) is 1. The summed E-state index contributed by atoms with van der Waals surface area (Å²) in [6.45, 7) is 1.78. The summed E-state index contributed by atoms with van der Waals surface area (Å²) in [4.78, 5) is 38.1. The lowest BCUT2D eigenvalue weighted by molar-refractivity contribution is -0.151. The van der Waals surface area contributed by atoms with Crippen molar-refractivity contribution in [3.05, 3.63) is 54.1 Å². The van der Waals surface area contributed by atoms with Crippen LogP contribution in [0.5, 0.6) is 5.75 Å². The predicted molar refractivity (Wildman–Crippen MR) is 104 cm³/mol. The van der Waals surface area contributed by atoms with Gasteiger partial charge in [-0.25, -0.2) is 0 Å². The quantitative estimate of drug-likeness (QED) is 0.776. The molecule has 1 atom stereocenters.